The molecule has 2 fully saturated rings. The molecule has 1 saturated heterocycles. The lowest BCUT2D eigenvalue weighted by Crippen LogP contribution is -2.56. The molecule has 17 heavy (non-hydrogen) atoms. The van der Waals surface area contributed by atoms with E-state index in [9.17, 15) is 4.79 Å². The summed E-state index contributed by atoms with van der Waals surface area (Å²) in [6.07, 6.45) is 8.07. The lowest BCUT2D eigenvalue weighted by atomic mass is 10.1. The number of nitrogens with zero attached hydrogens (tertiary/aromatic N) is 4. The molecule has 1 aliphatic heterocycles. The number of rotatable bonds is 2. The van der Waals surface area contributed by atoms with Crippen molar-refractivity contribution < 1.29 is 4.79 Å². The van der Waals surface area contributed by atoms with Gasteiger partial charge in [-0.3, -0.25) is 0 Å². The van der Waals surface area contributed by atoms with E-state index in [4.69, 9.17) is 0 Å². The minimum atomic E-state index is 0.0697. The van der Waals surface area contributed by atoms with E-state index in [0.717, 1.165) is 12.8 Å². The number of aromatic nitrogens is 3. The molecule has 1 N–H and O–H groups in total. The molecule has 1 aliphatic carbocycles. The van der Waals surface area contributed by atoms with Crippen molar-refractivity contribution >= 4 is 6.03 Å². The minimum Gasteiger partial charge on any atom is -0.335 e. The van der Waals surface area contributed by atoms with Crippen LogP contribution in [0.15, 0.2) is 12.4 Å². The Bertz CT molecular complexity index is 379. The molecule has 1 aromatic heterocycles. The van der Waals surface area contributed by atoms with Gasteiger partial charge in [0, 0.05) is 19.1 Å². The Balaban J connectivity index is 1.46. The summed E-state index contributed by atoms with van der Waals surface area (Å²) in [6.45, 7) is 1.43. The molecule has 1 aromatic rings. The average molecular weight is 235 g/mol. The van der Waals surface area contributed by atoms with Crippen LogP contribution in [0.1, 0.15) is 31.7 Å². The number of hydrogen-bond donors (Lipinski definition) is 1. The molecule has 92 valence electrons. The molecule has 0 spiro atoms. The predicted octanol–water partition coefficient (Wildman–Crippen LogP) is 0.787. The molecule has 2 aliphatic rings. The lowest BCUT2D eigenvalue weighted by Gasteiger charge is -2.38. The smallest absolute Gasteiger partial charge is 0.317 e. The van der Waals surface area contributed by atoms with Crippen LogP contribution in [0, 0.1) is 0 Å². The highest BCUT2D eigenvalue weighted by Crippen LogP contribution is 2.21. The molecule has 0 atom stereocenters. The first-order chi connectivity index (χ1) is 8.33. The van der Waals surface area contributed by atoms with Gasteiger partial charge < -0.3 is 10.2 Å². The third-order valence-corrected chi connectivity index (χ3v) is 3.60. The second kappa shape index (κ2) is 4.35. The Hall–Kier alpha value is -1.59. The Morgan fingerprint density at radius 2 is 1.82 bits per heavy atom. The van der Waals surface area contributed by atoms with E-state index in [1.807, 2.05) is 4.90 Å². The van der Waals surface area contributed by atoms with Crippen molar-refractivity contribution in [3.05, 3.63) is 12.4 Å². The normalized spacial score (nSPS) is 21.5. The third kappa shape index (κ3) is 2.11. The van der Waals surface area contributed by atoms with Crippen LogP contribution >= 0.6 is 0 Å². The fourth-order valence-electron chi connectivity index (χ4n) is 2.52. The number of hydrogen-bond acceptors (Lipinski definition) is 3. The van der Waals surface area contributed by atoms with Gasteiger partial charge in [0.2, 0.25) is 0 Å². The molecule has 0 aromatic carbocycles. The number of nitrogens with one attached hydrogen (secondary N) is 1. The average Bonchev–Trinajstić information content (AvgIpc) is 2.87. The van der Waals surface area contributed by atoms with E-state index in [2.05, 4.69) is 15.5 Å². The largest absolute Gasteiger partial charge is 0.335 e. The van der Waals surface area contributed by atoms with Gasteiger partial charge >= 0.3 is 6.03 Å². The standard InChI is InChI=1S/C11H17N5O/c17-11(14-9-3-1-2-4-9)15-7-10(8-15)16-12-5-6-13-16/h5-6,9-10H,1-4,7-8H2,(H,14,17). The van der Waals surface area contributed by atoms with Gasteiger partial charge in [0.25, 0.3) is 0 Å². The summed E-state index contributed by atoms with van der Waals surface area (Å²) in [5, 5.41) is 11.2. The number of carbonyl (C=O) groups excluding carboxylic acids is 1. The second-order valence-corrected chi connectivity index (χ2v) is 4.84. The summed E-state index contributed by atoms with van der Waals surface area (Å²) in [5.41, 5.74) is 0. The highest BCUT2D eigenvalue weighted by Gasteiger charge is 2.34. The van der Waals surface area contributed by atoms with E-state index < -0.39 is 0 Å². The molecule has 2 heterocycles. The molecular formula is C11H17N5O. The minimum absolute atomic E-state index is 0.0697. The first-order valence-electron chi connectivity index (χ1n) is 6.24. The van der Waals surface area contributed by atoms with Crippen LogP contribution in [0.3, 0.4) is 0 Å². The third-order valence-electron chi connectivity index (χ3n) is 3.60. The highest BCUT2D eigenvalue weighted by atomic mass is 16.2. The van der Waals surface area contributed by atoms with Gasteiger partial charge in [0.05, 0.1) is 12.4 Å². The van der Waals surface area contributed by atoms with E-state index in [0.29, 0.717) is 19.1 Å². The second-order valence-electron chi connectivity index (χ2n) is 4.84. The predicted molar refractivity (Wildman–Crippen MR) is 61.4 cm³/mol. The number of urea groups is 1. The van der Waals surface area contributed by atoms with Crippen molar-refractivity contribution in [2.24, 2.45) is 0 Å². The van der Waals surface area contributed by atoms with E-state index >= 15 is 0 Å². The maximum absolute atomic E-state index is 11.9. The van der Waals surface area contributed by atoms with Crippen LogP contribution in [0.2, 0.25) is 0 Å². The van der Waals surface area contributed by atoms with Crippen molar-refractivity contribution in [3.8, 4) is 0 Å². The fourth-order valence-corrected chi connectivity index (χ4v) is 2.52. The molecule has 3 rings (SSSR count). The molecule has 0 bridgehead atoms. The monoisotopic (exact) mass is 235 g/mol. The van der Waals surface area contributed by atoms with Crippen molar-refractivity contribution in [1.29, 1.82) is 0 Å². The molecule has 1 saturated carbocycles. The number of carbonyl (C=O) groups is 1. The zero-order valence-corrected chi connectivity index (χ0v) is 9.75. The Kier molecular flexibility index (Phi) is 2.70. The van der Waals surface area contributed by atoms with Gasteiger partial charge in [-0.2, -0.15) is 15.0 Å². The van der Waals surface area contributed by atoms with Crippen molar-refractivity contribution in [3.63, 3.8) is 0 Å². The Morgan fingerprint density at radius 3 is 2.47 bits per heavy atom. The van der Waals surface area contributed by atoms with Crippen molar-refractivity contribution in [2.75, 3.05) is 13.1 Å². The van der Waals surface area contributed by atoms with Gasteiger partial charge in [-0.1, -0.05) is 12.8 Å². The summed E-state index contributed by atoms with van der Waals surface area (Å²) in [6, 6.07) is 0.712. The number of amides is 2. The van der Waals surface area contributed by atoms with Crippen molar-refractivity contribution in [1.82, 2.24) is 25.2 Å². The van der Waals surface area contributed by atoms with Crippen LogP contribution in [0.4, 0.5) is 4.79 Å². The molecular weight excluding hydrogens is 218 g/mol. The Labute approximate surface area is 100.0 Å². The first kappa shape index (κ1) is 10.6. The van der Waals surface area contributed by atoms with E-state index in [-0.39, 0.29) is 12.1 Å². The maximum Gasteiger partial charge on any atom is 0.317 e. The molecule has 0 unspecified atom stereocenters. The topological polar surface area (TPSA) is 63.1 Å². The number of likely N-dealkylation sites (tertiary alicyclic amines) is 1. The van der Waals surface area contributed by atoms with Gasteiger partial charge in [0.1, 0.15) is 6.04 Å². The molecule has 6 heteroatoms. The zero-order chi connectivity index (χ0) is 11.7. The van der Waals surface area contributed by atoms with Crippen molar-refractivity contribution in [2.45, 2.75) is 37.8 Å². The highest BCUT2D eigenvalue weighted by molar-refractivity contribution is 5.75. The first-order valence-corrected chi connectivity index (χ1v) is 6.24. The maximum atomic E-state index is 11.9. The van der Waals surface area contributed by atoms with Crippen LogP contribution in [-0.2, 0) is 0 Å². The lowest BCUT2D eigenvalue weighted by molar-refractivity contribution is 0.108. The van der Waals surface area contributed by atoms with Gasteiger partial charge in [0.15, 0.2) is 0 Å². The van der Waals surface area contributed by atoms with Gasteiger partial charge in [-0.15, -0.1) is 0 Å². The quantitative estimate of drug-likeness (QED) is 0.824. The summed E-state index contributed by atoms with van der Waals surface area (Å²) in [5.74, 6) is 0. The van der Waals surface area contributed by atoms with E-state index in [1.165, 1.54) is 12.8 Å². The van der Waals surface area contributed by atoms with Crippen LogP contribution < -0.4 is 5.32 Å². The Morgan fingerprint density at radius 1 is 1.18 bits per heavy atom. The van der Waals surface area contributed by atoms with Gasteiger partial charge in [-0.05, 0) is 12.8 Å². The summed E-state index contributed by atoms with van der Waals surface area (Å²) in [4.78, 5) is 15.4. The SMILES string of the molecule is O=C(NC1CCCC1)N1CC(n2nccn2)C1. The van der Waals surface area contributed by atoms with Crippen LogP contribution in [0.25, 0.3) is 0 Å². The van der Waals surface area contributed by atoms with Crippen LogP contribution in [0.5, 0.6) is 0 Å². The zero-order valence-electron chi connectivity index (χ0n) is 9.75. The summed E-state index contributed by atoms with van der Waals surface area (Å²) >= 11 is 0. The summed E-state index contributed by atoms with van der Waals surface area (Å²) < 4.78 is 0. The molecule has 0 radical (unpaired) electrons. The van der Waals surface area contributed by atoms with Gasteiger partial charge in [-0.25, -0.2) is 4.79 Å². The molecule has 2 amide bonds. The fraction of sp³-hybridized carbons (Fsp3) is 0.727. The molecule has 6 nitrogen and oxygen atoms in total. The van der Waals surface area contributed by atoms with E-state index in [1.54, 1.807) is 17.2 Å². The summed E-state index contributed by atoms with van der Waals surface area (Å²) in [7, 11) is 0. The van der Waals surface area contributed by atoms with Crippen LogP contribution in [-0.4, -0.2) is 45.1 Å².